The quantitative estimate of drug-likeness (QED) is 0.326. The zero-order chi connectivity index (χ0) is 30.8. The number of benzene rings is 3. The lowest BCUT2D eigenvalue weighted by molar-refractivity contribution is -0.148. The van der Waals surface area contributed by atoms with Crippen molar-refractivity contribution < 1.29 is 28.7 Å². The predicted molar refractivity (Wildman–Crippen MR) is 162 cm³/mol. The molecule has 1 saturated heterocycles. The van der Waals surface area contributed by atoms with Crippen molar-refractivity contribution in [3.8, 4) is 0 Å². The van der Waals surface area contributed by atoms with E-state index in [0.29, 0.717) is 6.61 Å². The second-order valence-electron chi connectivity index (χ2n) is 11.7. The van der Waals surface area contributed by atoms with Crippen molar-refractivity contribution in [3.63, 3.8) is 0 Å². The molecule has 0 spiro atoms. The monoisotopic (exact) mass is 585 g/mol. The number of hydrogen-bond acceptors (Lipinski definition) is 6. The molecule has 0 bridgehead atoms. The van der Waals surface area contributed by atoms with Crippen molar-refractivity contribution in [3.05, 3.63) is 108 Å². The zero-order valence-corrected chi connectivity index (χ0v) is 24.8. The Balaban J connectivity index is 1.50. The first-order valence-electron chi connectivity index (χ1n) is 14.4. The number of nitrogens with zero attached hydrogens (tertiary/aromatic N) is 1. The summed E-state index contributed by atoms with van der Waals surface area (Å²) in [6.07, 6.45) is -0.960. The summed E-state index contributed by atoms with van der Waals surface area (Å²) in [5, 5.41) is 5.51. The van der Waals surface area contributed by atoms with Gasteiger partial charge in [0, 0.05) is 24.9 Å². The second-order valence-corrected chi connectivity index (χ2v) is 11.7. The Bertz CT molecular complexity index is 1380. The first-order chi connectivity index (χ1) is 20.6. The van der Waals surface area contributed by atoms with Gasteiger partial charge >= 0.3 is 6.09 Å². The number of nitrogens with one attached hydrogen (secondary N) is 2. The number of ether oxygens (including phenoxy) is 2. The minimum Gasteiger partial charge on any atom is -0.445 e. The van der Waals surface area contributed by atoms with Gasteiger partial charge in [0.2, 0.25) is 11.7 Å². The van der Waals surface area contributed by atoms with Crippen LogP contribution in [-0.2, 0) is 43.5 Å². The first-order valence-corrected chi connectivity index (χ1v) is 14.4. The van der Waals surface area contributed by atoms with Gasteiger partial charge in [-0.15, -0.1) is 0 Å². The summed E-state index contributed by atoms with van der Waals surface area (Å²) in [7, 11) is 0. The van der Waals surface area contributed by atoms with Crippen molar-refractivity contribution in [1.82, 2.24) is 15.5 Å². The summed E-state index contributed by atoms with van der Waals surface area (Å²) >= 11 is 0. The van der Waals surface area contributed by atoms with Gasteiger partial charge in [0.1, 0.15) is 18.7 Å². The molecule has 1 aliphatic rings. The highest BCUT2D eigenvalue weighted by atomic mass is 16.5. The van der Waals surface area contributed by atoms with E-state index in [1.165, 1.54) is 4.90 Å². The van der Waals surface area contributed by atoms with Crippen molar-refractivity contribution in [2.75, 3.05) is 6.54 Å². The summed E-state index contributed by atoms with van der Waals surface area (Å²) in [5.74, 6) is -2.06. The van der Waals surface area contributed by atoms with E-state index in [4.69, 9.17) is 9.47 Å². The van der Waals surface area contributed by atoms with Gasteiger partial charge in [0.15, 0.2) is 0 Å². The largest absolute Gasteiger partial charge is 0.445 e. The Morgan fingerprint density at radius 3 is 1.91 bits per heavy atom. The fourth-order valence-electron chi connectivity index (χ4n) is 4.89. The molecule has 4 rings (SSSR count). The minimum absolute atomic E-state index is 0.00841. The molecule has 9 nitrogen and oxygen atoms in total. The third-order valence-corrected chi connectivity index (χ3v) is 6.97. The van der Waals surface area contributed by atoms with E-state index < -0.39 is 41.5 Å². The molecule has 0 aliphatic carbocycles. The standard InChI is InChI=1S/C34H39N3O6/c1-34(2,3)36-31(39)29-20-27(42-22-25-15-9-5-10-16-25)21-37(29)32(40)30(38)28(19-24-13-7-4-8-14-24)35-33(41)43-23-26-17-11-6-12-18-26/h4-18,27-29H,19-23H2,1-3H3,(H,35,41)(H,36,39)/t27-,28?,29+/m1/s1. The molecule has 1 unspecified atom stereocenters. The number of rotatable bonds is 11. The molecule has 0 aromatic heterocycles. The van der Waals surface area contributed by atoms with E-state index >= 15 is 0 Å². The van der Waals surface area contributed by atoms with Crippen molar-refractivity contribution >= 4 is 23.7 Å². The van der Waals surface area contributed by atoms with Gasteiger partial charge in [-0.05, 0) is 37.5 Å². The molecule has 3 aromatic carbocycles. The Labute approximate surface area is 252 Å². The van der Waals surface area contributed by atoms with Gasteiger partial charge in [-0.2, -0.15) is 0 Å². The maximum absolute atomic E-state index is 13.8. The number of carbonyl (C=O) groups excluding carboxylic acids is 4. The fourth-order valence-corrected chi connectivity index (χ4v) is 4.89. The Morgan fingerprint density at radius 1 is 0.814 bits per heavy atom. The van der Waals surface area contributed by atoms with Crippen LogP contribution in [-0.4, -0.2) is 58.9 Å². The minimum atomic E-state index is -1.20. The third-order valence-electron chi connectivity index (χ3n) is 6.97. The number of ketones is 1. The number of hydrogen-bond donors (Lipinski definition) is 2. The maximum Gasteiger partial charge on any atom is 0.408 e. The molecule has 3 atom stereocenters. The number of carbonyl (C=O) groups is 4. The second kappa shape index (κ2) is 14.6. The zero-order valence-electron chi connectivity index (χ0n) is 24.8. The number of amides is 3. The van der Waals surface area contributed by atoms with E-state index in [1.54, 1.807) is 0 Å². The summed E-state index contributed by atoms with van der Waals surface area (Å²) in [5.41, 5.74) is 1.95. The highest BCUT2D eigenvalue weighted by Gasteiger charge is 2.44. The molecule has 1 fully saturated rings. The van der Waals surface area contributed by atoms with Gasteiger partial charge in [-0.3, -0.25) is 14.4 Å². The molecule has 226 valence electrons. The molecular weight excluding hydrogens is 546 g/mol. The average molecular weight is 586 g/mol. The van der Waals surface area contributed by atoms with Crippen LogP contribution in [0.25, 0.3) is 0 Å². The van der Waals surface area contributed by atoms with Crippen LogP contribution in [0.1, 0.15) is 43.9 Å². The van der Waals surface area contributed by atoms with Crippen LogP contribution in [0.4, 0.5) is 4.79 Å². The van der Waals surface area contributed by atoms with E-state index in [-0.39, 0.29) is 31.9 Å². The lowest BCUT2D eigenvalue weighted by Crippen LogP contribution is -2.55. The molecule has 3 aromatic rings. The molecule has 43 heavy (non-hydrogen) atoms. The summed E-state index contributed by atoms with van der Waals surface area (Å²) in [6.45, 7) is 5.93. The van der Waals surface area contributed by atoms with Crippen LogP contribution in [0.15, 0.2) is 91.0 Å². The van der Waals surface area contributed by atoms with Gasteiger partial charge in [0.25, 0.3) is 5.91 Å². The SMILES string of the molecule is CC(C)(C)NC(=O)[C@@H]1C[C@@H](OCc2ccccc2)CN1C(=O)C(=O)C(Cc1ccccc1)NC(=O)OCc1ccccc1. The highest BCUT2D eigenvalue weighted by Crippen LogP contribution is 2.24. The van der Waals surface area contributed by atoms with E-state index in [2.05, 4.69) is 10.6 Å². The van der Waals surface area contributed by atoms with E-state index in [1.807, 2.05) is 112 Å². The predicted octanol–water partition coefficient (Wildman–Crippen LogP) is 4.19. The summed E-state index contributed by atoms with van der Waals surface area (Å²) in [6, 6.07) is 25.7. The van der Waals surface area contributed by atoms with E-state index in [9.17, 15) is 19.2 Å². The third kappa shape index (κ3) is 9.51. The molecule has 0 radical (unpaired) electrons. The fraction of sp³-hybridized carbons (Fsp3) is 0.353. The average Bonchev–Trinajstić information content (AvgIpc) is 3.43. The number of alkyl carbamates (subject to hydrolysis) is 1. The molecule has 3 amide bonds. The van der Waals surface area contributed by atoms with Crippen LogP contribution in [0.5, 0.6) is 0 Å². The number of Topliss-reactive ketones (excluding diaryl/α,β-unsaturated/α-hetero) is 1. The smallest absolute Gasteiger partial charge is 0.408 e. The van der Waals surface area contributed by atoms with Crippen LogP contribution < -0.4 is 10.6 Å². The normalized spacial score (nSPS) is 17.1. The van der Waals surface area contributed by atoms with Crippen molar-refractivity contribution in [1.29, 1.82) is 0 Å². The summed E-state index contributed by atoms with van der Waals surface area (Å²) in [4.78, 5) is 54.9. The molecule has 0 saturated carbocycles. The lowest BCUT2D eigenvalue weighted by Gasteiger charge is -2.28. The molecular formula is C34H39N3O6. The molecule has 9 heteroatoms. The van der Waals surface area contributed by atoms with Gasteiger partial charge < -0.3 is 25.0 Å². The van der Waals surface area contributed by atoms with Crippen molar-refractivity contribution in [2.24, 2.45) is 0 Å². The topological polar surface area (TPSA) is 114 Å². The van der Waals surface area contributed by atoms with Crippen LogP contribution >= 0.6 is 0 Å². The Kier molecular flexibility index (Phi) is 10.7. The van der Waals surface area contributed by atoms with Crippen molar-refractivity contribution in [2.45, 2.75) is 70.6 Å². The molecule has 1 heterocycles. The van der Waals surface area contributed by atoms with Gasteiger partial charge in [0.05, 0.1) is 12.7 Å². The van der Waals surface area contributed by atoms with Crippen LogP contribution in [0.3, 0.4) is 0 Å². The first kappa shape index (κ1) is 31.4. The molecule has 2 N–H and O–H groups in total. The van der Waals surface area contributed by atoms with Crippen LogP contribution in [0.2, 0.25) is 0 Å². The highest BCUT2D eigenvalue weighted by molar-refractivity contribution is 6.38. The number of likely N-dealkylation sites (tertiary alicyclic amines) is 1. The lowest BCUT2D eigenvalue weighted by atomic mass is 10.0. The Morgan fingerprint density at radius 2 is 1.35 bits per heavy atom. The Hall–Kier alpha value is -4.50. The van der Waals surface area contributed by atoms with Crippen LogP contribution in [0, 0.1) is 0 Å². The van der Waals surface area contributed by atoms with Gasteiger partial charge in [-0.25, -0.2) is 4.79 Å². The van der Waals surface area contributed by atoms with E-state index in [0.717, 1.165) is 16.7 Å². The van der Waals surface area contributed by atoms with Gasteiger partial charge in [-0.1, -0.05) is 91.0 Å². The maximum atomic E-state index is 13.8. The molecule has 1 aliphatic heterocycles. The summed E-state index contributed by atoms with van der Waals surface area (Å²) < 4.78 is 11.4.